The first-order chi connectivity index (χ1) is 7.58. The molecule has 1 aromatic heterocycles. The van der Waals surface area contributed by atoms with Crippen LogP contribution in [0.1, 0.15) is 23.3 Å². The van der Waals surface area contributed by atoms with Crippen LogP contribution in [-0.4, -0.2) is 36.3 Å². The van der Waals surface area contributed by atoms with Crippen LogP contribution in [0.15, 0.2) is 12.3 Å². The average molecular weight is 222 g/mol. The molecule has 0 atom stereocenters. The van der Waals surface area contributed by atoms with E-state index in [1.54, 1.807) is 0 Å². The summed E-state index contributed by atoms with van der Waals surface area (Å²) in [6, 6.07) is 1.48. The Bertz CT molecular complexity index is 414. The van der Waals surface area contributed by atoms with E-state index >= 15 is 0 Å². The second kappa shape index (κ2) is 4.00. The fourth-order valence-corrected chi connectivity index (χ4v) is 1.34. The lowest BCUT2D eigenvalue weighted by Gasteiger charge is -2.17. The van der Waals surface area contributed by atoms with Gasteiger partial charge in [-0.1, -0.05) is 0 Å². The molecule has 0 unspecified atom stereocenters. The molecule has 0 radical (unpaired) electrons. The van der Waals surface area contributed by atoms with Crippen LogP contribution in [0.3, 0.4) is 0 Å². The molecule has 0 saturated heterocycles. The molecule has 5 heteroatoms. The molecule has 86 valence electrons. The normalized spacial score (nSPS) is 14.6. The van der Waals surface area contributed by atoms with Gasteiger partial charge in [-0.25, -0.2) is 9.78 Å². The van der Waals surface area contributed by atoms with Crippen molar-refractivity contribution in [2.24, 2.45) is 0 Å². The smallest absolute Gasteiger partial charge is 0.354 e. The van der Waals surface area contributed by atoms with Gasteiger partial charge in [-0.2, -0.15) is 0 Å². The summed E-state index contributed by atoms with van der Waals surface area (Å²) in [5.74, 6) is -0.439. The molecular weight excluding hydrogens is 208 g/mol. The van der Waals surface area contributed by atoms with Crippen LogP contribution in [0.2, 0.25) is 0 Å². The molecule has 1 fully saturated rings. The molecule has 1 saturated carbocycles. The zero-order valence-corrected chi connectivity index (χ0v) is 9.30. The van der Waals surface area contributed by atoms with Crippen molar-refractivity contribution in [1.29, 1.82) is 0 Å². The Labute approximate surface area is 93.7 Å². The second-order valence-electron chi connectivity index (χ2n) is 4.05. The molecule has 1 heterocycles. The number of aromatic nitrogens is 1. The number of hydrogen-bond acceptors (Lipinski definition) is 4. The summed E-state index contributed by atoms with van der Waals surface area (Å²) in [6.45, 7) is 0. The van der Waals surface area contributed by atoms with E-state index in [0.717, 1.165) is 18.5 Å². The maximum absolute atomic E-state index is 10.8. The largest absolute Gasteiger partial charge is 0.488 e. The number of nitrogens with zero attached hydrogens (tertiary/aromatic N) is 2. The van der Waals surface area contributed by atoms with E-state index in [1.165, 1.54) is 12.3 Å². The molecule has 0 aliphatic heterocycles. The number of hydrogen-bond donors (Lipinski definition) is 1. The van der Waals surface area contributed by atoms with E-state index in [-0.39, 0.29) is 11.8 Å². The third-order valence-corrected chi connectivity index (χ3v) is 2.37. The highest BCUT2D eigenvalue weighted by molar-refractivity contribution is 5.86. The standard InChI is InChI=1S/C11H14N2O3/c1-13(2)9-6-12-8(11(14)15)5-10(9)16-7-3-4-7/h5-7H,3-4H2,1-2H3,(H,14,15). The predicted octanol–water partition coefficient (Wildman–Crippen LogP) is 1.39. The first-order valence-electron chi connectivity index (χ1n) is 5.15. The maximum Gasteiger partial charge on any atom is 0.354 e. The number of pyridine rings is 1. The lowest BCUT2D eigenvalue weighted by atomic mass is 10.3. The van der Waals surface area contributed by atoms with Crippen molar-refractivity contribution in [3.8, 4) is 5.75 Å². The number of anilines is 1. The second-order valence-corrected chi connectivity index (χ2v) is 4.05. The Morgan fingerprint density at radius 2 is 2.25 bits per heavy atom. The minimum absolute atomic E-state index is 0.0150. The first kappa shape index (κ1) is 10.7. The molecule has 5 nitrogen and oxygen atoms in total. The average Bonchev–Trinajstić information content (AvgIpc) is 3.01. The number of carbonyl (C=O) groups is 1. The number of ether oxygens (including phenoxy) is 1. The SMILES string of the molecule is CN(C)c1cnc(C(=O)O)cc1OC1CC1. The minimum atomic E-state index is -1.04. The quantitative estimate of drug-likeness (QED) is 0.834. The summed E-state index contributed by atoms with van der Waals surface area (Å²) in [7, 11) is 3.74. The van der Waals surface area contributed by atoms with Crippen molar-refractivity contribution in [3.63, 3.8) is 0 Å². The number of aromatic carboxylic acids is 1. The highest BCUT2D eigenvalue weighted by atomic mass is 16.5. The summed E-state index contributed by atoms with van der Waals surface area (Å²) >= 11 is 0. The van der Waals surface area contributed by atoms with Gasteiger partial charge in [0.2, 0.25) is 0 Å². The lowest BCUT2D eigenvalue weighted by Crippen LogP contribution is -2.13. The van der Waals surface area contributed by atoms with E-state index in [4.69, 9.17) is 9.84 Å². The molecule has 1 aromatic rings. The number of carboxylic acid groups (broad SMARTS) is 1. The van der Waals surface area contributed by atoms with Crippen LogP contribution >= 0.6 is 0 Å². The van der Waals surface area contributed by atoms with Crippen molar-refractivity contribution in [1.82, 2.24) is 4.98 Å². The summed E-state index contributed by atoms with van der Waals surface area (Å²) < 4.78 is 5.66. The van der Waals surface area contributed by atoms with Gasteiger partial charge in [0, 0.05) is 20.2 Å². The van der Waals surface area contributed by atoms with Crippen LogP contribution in [0, 0.1) is 0 Å². The van der Waals surface area contributed by atoms with Gasteiger partial charge in [0.25, 0.3) is 0 Å². The molecule has 1 aliphatic carbocycles. The van der Waals surface area contributed by atoms with Gasteiger partial charge < -0.3 is 14.7 Å². The Morgan fingerprint density at radius 1 is 1.56 bits per heavy atom. The molecule has 0 aromatic carbocycles. The highest BCUT2D eigenvalue weighted by Crippen LogP contribution is 2.33. The van der Waals surface area contributed by atoms with Crippen molar-refractivity contribution in [2.75, 3.05) is 19.0 Å². The van der Waals surface area contributed by atoms with E-state index in [0.29, 0.717) is 5.75 Å². The fraction of sp³-hybridized carbons (Fsp3) is 0.455. The van der Waals surface area contributed by atoms with Crippen molar-refractivity contribution in [3.05, 3.63) is 18.0 Å². The molecule has 0 amide bonds. The monoisotopic (exact) mass is 222 g/mol. The zero-order chi connectivity index (χ0) is 11.7. The van der Waals surface area contributed by atoms with E-state index < -0.39 is 5.97 Å². The van der Waals surface area contributed by atoms with Gasteiger partial charge in [-0.05, 0) is 12.8 Å². The van der Waals surface area contributed by atoms with Crippen LogP contribution in [0.4, 0.5) is 5.69 Å². The summed E-state index contributed by atoms with van der Waals surface area (Å²) in [4.78, 5) is 16.5. The zero-order valence-electron chi connectivity index (χ0n) is 9.30. The van der Waals surface area contributed by atoms with Crippen LogP contribution in [-0.2, 0) is 0 Å². The molecule has 2 rings (SSSR count). The van der Waals surface area contributed by atoms with Gasteiger partial charge in [0.15, 0.2) is 5.69 Å². The molecule has 0 spiro atoms. The van der Waals surface area contributed by atoms with Crippen LogP contribution < -0.4 is 9.64 Å². The highest BCUT2D eigenvalue weighted by Gasteiger charge is 2.25. The molecule has 0 bridgehead atoms. The summed E-state index contributed by atoms with van der Waals surface area (Å²) in [5, 5.41) is 8.86. The topological polar surface area (TPSA) is 62.7 Å². The Balaban J connectivity index is 2.33. The van der Waals surface area contributed by atoms with Gasteiger partial charge in [-0.3, -0.25) is 0 Å². The van der Waals surface area contributed by atoms with E-state index in [1.807, 2.05) is 19.0 Å². The third kappa shape index (κ3) is 2.24. The van der Waals surface area contributed by atoms with Gasteiger partial charge >= 0.3 is 5.97 Å². The Kier molecular flexibility index (Phi) is 2.68. The number of rotatable bonds is 4. The number of carboxylic acids is 1. The van der Waals surface area contributed by atoms with Crippen molar-refractivity contribution >= 4 is 11.7 Å². The Morgan fingerprint density at radius 3 is 2.75 bits per heavy atom. The third-order valence-electron chi connectivity index (χ3n) is 2.37. The first-order valence-corrected chi connectivity index (χ1v) is 5.15. The summed E-state index contributed by atoms with van der Waals surface area (Å²) in [5.41, 5.74) is 0.818. The maximum atomic E-state index is 10.8. The van der Waals surface area contributed by atoms with Crippen molar-refractivity contribution in [2.45, 2.75) is 18.9 Å². The van der Waals surface area contributed by atoms with Gasteiger partial charge in [0.05, 0.1) is 18.0 Å². The van der Waals surface area contributed by atoms with Crippen LogP contribution in [0.25, 0.3) is 0 Å². The van der Waals surface area contributed by atoms with Crippen LogP contribution in [0.5, 0.6) is 5.75 Å². The molecule has 1 N–H and O–H groups in total. The fourth-order valence-electron chi connectivity index (χ4n) is 1.34. The van der Waals surface area contributed by atoms with Gasteiger partial charge in [0.1, 0.15) is 5.75 Å². The molecular formula is C11H14N2O3. The minimum Gasteiger partial charge on any atom is -0.488 e. The molecule has 1 aliphatic rings. The van der Waals surface area contributed by atoms with E-state index in [2.05, 4.69) is 4.98 Å². The predicted molar refractivity (Wildman–Crippen MR) is 59.2 cm³/mol. The Hall–Kier alpha value is -1.78. The van der Waals surface area contributed by atoms with Crippen molar-refractivity contribution < 1.29 is 14.6 Å². The lowest BCUT2D eigenvalue weighted by molar-refractivity contribution is 0.0690. The van der Waals surface area contributed by atoms with Gasteiger partial charge in [-0.15, -0.1) is 0 Å². The summed E-state index contributed by atoms with van der Waals surface area (Å²) in [6.07, 6.45) is 3.85. The molecule has 16 heavy (non-hydrogen) atoms. The van der Waals surface area contributed by atoms with E-state index in [9.17, 15) is 4.79 Å².